The Hall–Kier alpha value is -2.03. The predicted molar refractivity (Wildman–Crippen MR) is 83.8 cm³/mol. The Balaban J connectivity index is 1.47. The van der Waals surface area contributed by atoms with Crippen molar-refractivity contribution in [2.45, 2.75) is 50.7 Å². The van der Waals surface area contributed by atoms with Crippen molar-refractivity contribution in [2.75, 3.05) is 20.1 Å². The normalized spacial score (nSPS) is 31.6. The maximum absolute atomic E-state index is 12.5. The minimum atomic E-state index is -0.813. The zero-order chi connectivity index (χ0) is 16.9. The summed E-state index contributed by atoms with van der Waals surface area (Å²) in [6.07, 6.45) is 4.22. The molecule has 2 aliphatic heterocycles. The van der Waals surface area contributed by atoms with E-state index >= 15 is 0 Å². The summed E-state index contributed by atoms with van der Waals surface area (Å²) < 4.78 is 1.93. The minimum absolute atomic E-state index is 0.0953. The van der Waals surface area contributed by atoms with Gasteiger partial charge < -0.3 is 5.32 Å². The van der Waals surface area contributed by atoms with Gasteiger partial charge in [0.05, 0.1) is 12.6 Å². The number of nitrogens with one attached hydrogen (secondary N) is 1. The van der Waals surface area contributed by atoms with Crippen LogP contribution in [-0.2, 0) is 11.3 Å². The standard InChI is InChI=1S/C15H23N7O2/c1-15(13(23)20(2)14(24)16-15)10-4-3-7-21(8-10)9-12-17-18-19-22(12)11-5-6-11/h10-11H,3-9H2,1-2H3,(H,16,24)/t10-,15+/m1/s1. The number of carbonyl (C=O) groups excluding carboxylic acids is 2. The van der Waals surface area contributed by atoms with Crippen molar-refractivity contribution in [3.05, 3.63) is 5.82 Å². The Morgan fingerprint density at radius 3 is 2.75 bits per heavy atom. The molecule has 3 aliphatic rings. The van der Waals surface area contributed by atoms with E-state index in [-0.39, 0.29) is 17.9 Å². The molecule has 24 heavy (non-hydrogen) atoms. The summed E-state index contributed by atoms with van der Waals surface area (Å²) in [6.45, 7) is 4.25. The summed E-state index contributed by atoms with van der Waals surface area (Å²) in [7, 11) is 1.54. The lowest BCUT2D eigenvalue weighted by Crippen LogP contribution is -2.55. The summed E-state index contributed by atoms with van der Waals surface area (Å²) in [5.74, 6) is 0.849. The molecule has 0 spiro atoms. The van der Waals surface area contributed by atoms with Gasteiger partial charge in [-0.15, -0.1) is 5.10 Å². The third-order valence-electron chi connectivity index (χ3n) is 5.56. The first-order chi connectivity index (χ1) is 11.5. The molecule has 1 N–H and O–H groups in total. The van der Waals surface area contributed by atoms with Crippen LogP contribution in [0.2, 0.25) is 0 Å². The first kappa shape index (κ1) is 15.5. The second kappa shape index (κ2) is 5.51. The van der Waals surface area contributed by atoms with E-state index in [0.717, 1.165) is 44.6 Å². The highest BCUT2D eigenvalue weighted by atomic mass is 16.2. The highest BCUT2D eigenvalue weighted by Gasteiger charge is 2.51. The fourth-order valence-electron chi connectivity index (χ4n) is 3.87. The number of likely N-dealkylation sites (tertiary alicyclic amines) is 1. The Morgan fingerprint density at radius 1 is 1.29 bits per heavy atom. The summed E-state index contributed by atoms with van der Waals surface area (Å²) in [4.78, 5) is 27.8. The van der Waals surface area contributed by atoms with E-state index in [2.05, 4.69) is 25.7 Å². The molecular formula is C15H23N7O2. The van der Waals surface area contributed by atoms with Crippen LogP contribution in [-0.4, -0.2) is 67.6 Å². The van der Waals surface area contributed by atoms with Crippen molar-refractivity contribution in [3.63, 3.8) is 0 Å². The minimum Gasteiger partial charge on any atom is -0.323 e. The van der Waals surface area contributed by atoms with Gasteiger partial charge in [0.15, 0.2) is 5.82 Å². The van der Waals surface area contributed by atoms with Crippen LogP contribution in [0.5, 0.6) is 0 Å². The average Bonchev–Trinajstić information content (AvgIpc) is 3.28. The summed E-state index contributed by atoms with van der Waals surface area (Å²) in [5.41, 5.74) is -0.813. The van der Waals surface area contributed by atoms with Gasteiger partial charge >= 0.3 is 6.03 Å². The third kappa shape index (κ3) is 2.47. The monoisotopic (exact) mass is 333 g/mol. The lowest BCUT2D eigenvalue weighted by Gasteiger charge is -2.39. The molecular weight excluding hydrogens is 310 g/mol. The number of tetrazole rings is 1. The quantitative estimate of drug-likeness (QED) is 0.789. The number of urea groups is 1. The van der Waals surface area contributed by atoms with Crippen LogP contribution in [0.25, 0.3) is 0 Å². The number of rotatable bonds is 4. The summed E-state index contributed by atoms with van der Waals surface area (Å²) in [6, 6.07) is 0.148. The first-order valence-electron chi connectivity index (χ1n) is 8.58. The number of amides is 3. The van der Waals surface area contributed by atoms with Gasteiger partial charge in [0.25, 0.3) is 5.91 Å². The summed E-state index contributed by atoms with van der Waals surface area (Å²) >= 11 is 0. The molecule has 0 radical (unpaired) electrons. The van der Waals surface area contributed by atoms with Crippen molar-refractivity contribution in [2.24, 2.45) is 5.92 Å². The Bertz CT molecular complexity index is 671. The highest BCUT2D eigenvalue weighted by molar-refractivity contribution is 6.06. The van der Waals surface area contributed by atoms with E-state index in [4.69, 9.17) is 0 Å². The molecule has 4 rings (SSSR count). The van der Waals surface area contributed by atoms with Crippen LogP contribution in [0.15, 0.2) is 0 Å². The zero-order valence-electron chi connectivity index (χ0n) is 14.1. The van der Waals surface area contributed by atoms with Crippen molar-refractivity contribution in [3.8, 4) is 0 Å². The van der Waals surface area contributed by atoms with Crippen molar-refractivity contribution in [1.82, 2.24) is 35.3 Å². The number of piperidine rings is 1. The van der Waals surface area contributed by atoms with E-state index < -0.39 is 5.54 Å². The second-order valence-corrected chi connectivity index (χ2v) is 7.34. The van der Waals surface area contributed by atoms with E-state index in [0.29, 0.717) is 12.6 Å². The van der Waals surface area contributed by atoms with E-state index in [1.807, 2.05) is 11.6 Å². The van der Waals surface area contributed by atoms with Gasteiger partial charge in [-0.05, 0) is 49.6 Å². The zero-order valence-corrected chi connectivity index (χ0v) is 14.1. The fourth-order valence-corrected chi connectivity index (χ4v) is 3.87. The molecule has 0 aromatic carbocycles. The smallest absolute Gasteiger partial charge is 0.323 e. The molecule has 0 bridgehead atoms. The lowest BCUT2D eigenvalue weighted by atomic mass is 9.80. The molecule has 1 aromatic rings. The molecule has 3 amide bonds. The van der Waals surface area contributed by atoms with Gasteiger partial charge in [0.2, 0.25) is 0 Å². The third-order valence-corrected chi connectivity index (χ3v) is 5.56. The molecule has 1 saturated carbocycles. The van der Waals surface area contributed by atoms with Crippen LogP contribution in [0.1, 0.15) is 44.5 Å². The average molecular weight is 333 g/mol. The molecule has 2 atom stereocenters. The molecule has 9 nitrogen and oxygen atoms in total. The number of hydrogen-bond acceptors (Lipinski definition) is 6. The van der Waals surface area contributed by atoms with Crippen molar-refractivity contribution < 1.29 is 9.59 Å². The van der Waals surface area contributed by atoms with E-state index in [1.54, 1.807) is 0 Å². The molecule has 0 unspecified atom stereocenters. The molecule has 130 valence electrons. The van der Waals surface area contributed by atoms with Gasteiger partial charge in [-0.1, -0.05) is 0 Å². The molecule has 2 saturated heterocycles. The largest absolute Gasteiger partial charge is 0.324 e. The number of imide groups is 1. The van der Waals surface area contributed by atoms with Gasteiger partial charge in [0.1, 0.15) is 5.54 Å². The van der Waals surface area contributed by atoms with Crippen LogP contribution >= 0.6 is 0 Å². The maximum Gasteiger partial charge on any atom is 0.324 e. The highest BCUT2D eigenvalue weighted by Crippen LogP contribution is 2.35. The maximum atomic E-state index is 12.5. The van der Waals surface area contributed by atoms with Crippen molar-refractivity contribution >= 4 is 11.9 Å². The number of carbonyl (C=O) groups is 2. The van der Waals surface area contributed by atoms with Crippen LogP contribution in [0.4, 0.5) is 4.79 Å². The Morgan fingerprint density at radius 2 is 2.08 bits per heavy atom. The predicted octanol–water partition coefficient (Wildman–Crippen LogP) is 0.160. The van der Waals surface area contributed by atoms with Crippen LogP contribution in [0, 0.1) is 5.92 Å². The number of likely N-dealkylation sites (N-methyl/N-ethyl adjacent to an activating group) is 1. The fraction of sp³-hybridized carbons (Fsp3) is 0.800. The molecule has 1 aromatic heterocycles. The van der Waals surface area contributed by atoms with Gasteiger partial charge in [0, 0.05) is 19.5 Å². The first-order valence-corrected chi connectivity index (χ1v) is 8.58. The number of aromatic nitrogens is 4. The van der Waals surface area contributed by atoms with Gasteiger partial charge in [-0.2, -0.15) is 0 Å². The number of hydrogen-bond donors (Lipinski definition) is 1. The van der Waals surface area contributed by atoms with Gasteiger partial charge in [-0.3, -0.25) is 14.6 Å². The number of nitrogens with zero attached hydrogens (tertiary/aromatic N) is 6. The van der Waals surface area contributed by atoms with E-state index in [1.165, 1.54) is 11.9 Å². The lowest BCUT2D eigenvalue weighted by molar-refractivity contribution is -0.132. The Labute approximate surface area is 140 Å². The van der Waals surface area contributed by atoms with Crippen molar-refractivity contribution in [1.29, 1.82) is 0 Å². The topological polar surface area (TPSA) is 96.2 Å². The molecule has 1 aliphatic carbocycles. The van der Waals surface area contributed by atoms with Crippen LogP contribution in [0.3, 0.4) is 0 Å². The van der Waals surface area contributed by atoms with E-state index in [9.17, 15) is 9.59 Å². The molecule has 3 heterocycles. The second-order valence-electron chi connectivity index (χ2n) is 7.34. The van der Waals surface area contributed by atoms with Crippen LogP contribution < -0.4 is 5.32 Å². The summed E-state index contributed by atoms with van der Waals surface area (Å²) in [5, 5.41) is 15.0. The Kier molecular flexibility index (Phi) is 3.56. The molecule has 9 heteroatoms. The SMILES string of the molecule is CN1C(=O)N[C@@](C)([C@@H]2CCCN(Cc3nnnn3C3CC3)C2)C1=O. The van der Waals surface area contributed by atoms with Gasteiger partial charge in [-0.25, -0.2) is 9.48 Å². The molecule has 3 fully saturated rings.